The van der Waals surface area contributed by atoms with Gasteiger partial charge in [-0.15, -0.1) is 0 Å². The predicted octanol–water partition coefficient (Wildman–Crippen LogP) is 4.81. The Morgan fingerprint density at radius 3 is 2.56 bits per heavy atom. The first kappa shape index (κ1) is 12.9. The van der Waals surface area contributed by atoms with Gasteiger partial charge in [0.2, 0.25) is 0 Å². The molecule has 0 bridgehead atoms. The molecule has 2 aromatic carbocycles. The molecule has 0 aliphatic heterocycles. The minimum absolute atomic E-state index is 0.187. The number of carbonyl (C=O) groups excluding carboxylic acids is 1. The number of carbonyl (C=O) groups is 1. The maximum atomic E-state index is 11.8. The number of thioether (sulfide) groups is 1. The van der Waals surface area contributed by atoms with Crippen molar-refractivity contribution in [3.05, 3.63) is 54.1 Å². The molecule has 0 fully saturated rings. The summed E-state index contributed by atoms with van der Waals surface area (Å²) in [5.41, 5.74) is 1.18. The number of rotatable bonds is 3. The van der Waals surface area contributed by atoms with E-state index >= 15 is 0 Å². The molecule has 0 amide bonds. The Morgan fingerprint density at radius 2 is 1.83 bits per heavy atom. The molecule has 0 atom stereocenters. The number of hydrogen-bond donors (Lipinski definition) is 0. The van der Waals surface area contributed by atoms with Gasteiger partial charge >= 0.3 is 0 Å². The Morgan fingerprint density at radius 1 is 1.11 bits per heavy atom. The van der Waals surface area contributed by atoms with Crippen LogP contribution in [-0.2, 0) is 4.79 Å². The van der Waals surface area contributed by atoms with Crippen molar-refractivity contribution in [2.45, 2.75) is 25.2 Å². The average Bonchev–Trinajstić information content (AvgIpc) is 2.36. The van der Waals surface area contributed by atoms with Gasteiger partial charge in [0.1, 0.15) is 0 Å². The Hall–Kier alpha value is -1.54. The fourth-order valence-electron chi connectivity index (χ4n) is 1.69. The van der Waals surface area contributed by atoms with E-state index in [2.05, 4.69) is 24.3 Å². The quantitative estimate of drug-likeness (QED) is 0.579. The minimum Gasteiger partial charge on any atom is -0.286 e. The SMILES string of the molecule is CC(C)=CCC(=O)Sc1ccc2ccccc2c1. The molecule has 2 rings (SSSR count). The molecule has 0 heterocycles. The summed E-state index contributed by atoms with van der Waals surface area (Å²) in [5.74, 6) is 0. The van der Waals surface area contributed by atoms with Gasteiger partial charge in [0.05, 0.1) is 0 Å². The van der Waals surface area contributed by atoms with Crippen molar-refractivity contribution in [1.29, 1.82) is 0 Å². The van der Waals surface area contributed by atoms with E-state index in [0.717, 1.165) is 4.90 Å². The van der Waals surface area contributed by atoms with E-state index < -0.39 is 0 Å². The van der Waals surface area contributed by atoms with Crippen LogP contribution in [0.4, 0.5) is 0 Å². The first-order valence-corrected chi connectivity index (χ1v) is 6.79. The average molecular weight is 256 g/mol. The van der Waals surface area contributed by atoms with Crippen LogP contribution < -0.4 is 0 Å². The summed E-state index contributed by atoms with van der Waals surface area (Å²) in [7, 11) is 0. The molecule has 0 saturated heterocycles. The lowest BCUT2D eigenvalue weighted by molar-refractivity contribution is -0.110. The Bertz CT molecular complexity index is 595. The van der Waals surface area contributed by atoms with E-state index in [0.29, 0.717) is 6.42 Å². The molecule has 2 heteroatoms. The van der Waals surface area contributed by atoms with Crippen LogP contribution in [0.2, 0.25) is 0 Å². The molecule has 0 aliphatic carbocycles. The number of hydrogen-bond acceptors (Lipinski definition) is 2. The van der Waals surface area contributed by atoms with Crippen molar-refractivity contribution in [2.75, 3.05) is 0 Å². The van der Waals surface area contributed by atoms with Gasteiger partial charge in [-0.2, -0.15) is 0 Å². The zero-order valence-corrected chi connectivity index (χ0v) is 11.5. The highest BCUT2D eigenvalue weighted by Crippen LogP contribution is 2.25. The van der Waals surface area contributed by atoms with Crippen molar-refractivity contribution < 1.29 is 4.79 Å². The van der Waals surface area contributed by atoms with Crippen LogP contribution in [0, 0.1) is 0 Å². The van der Waals surface area contributed by atoms with Crippen LogP contribution >= 0.6 is 11.8 Å². The first-order valence-electron chi connectivity index (χ1n) is 5.98. The van der Waals surface area contributed by atoms with E-state index in [1.807, 2.05) is 38.1 Å². The standard InChI is InChI=1S/C16H16OS/c1-12(2)7-10-16(17)18-15-9-8-13-5-3-4-6-14(13)11-15/h3-9,11H,10H2,1-2H3. The lowest BCUT2D eigenvalue weighted by Crippen LogP contribution is -1.88. The molecular formula is C16H16OS. The van der Waals surface area contributed by atoms with Crippen LogP contribution in [-0.4, -0.2) is 5.12 Å². The number of allylic oxidation sites excluding steroid dienone is 2. The van der Waals surface area contributed by atoms with Crippen molar-refractivity contribution >= 4 is 27.6 Å². The third-order valence-corrected chi connectivity index (χ3v) is 3.51. The molecule has 0 saturated carbocycles. The number of fused-ring (bicyclic) bond motifs is 1. The van der Waals surface area contributed by atoms with E-state index in [1.165, 1.54) is 28.1 Å². The smallest absolute Gasteiger partial charge is 0.197 e. The third-order valence-electron chi connectivity index (χ3n) is 2.63. The van der Waals surface area contributed by atoms with Gasteiger partial charge in [-0.3, -0.25) is 4.79 Å². The fraction of sp³-hybridized carbons (Fsp3) is 0.188. The summed E-state index contributed by atoms with van der Waals surface area (Å²) in [6.45, 7) is 4.02. The zero-order valence-electron chi connectivity index (χ0n) is 10.6. The van der Waals surface area contributed by atoms with Crippen molar-refractivity contribution in [3.63, 3.8) is 0 Å². The van der Waals surface area contributed by atoms with Crippen LogP contribution in [0.25, 0.3) is 10.8 Å². The molecule has 2 aromatic rings. The van der Waals surface area contributed by atoms with Crippen LogP contribution in [0.1, 0.15) is 20.3 Å². The van der Waals surface area contributed by atoms with Gasteiger partial charge in [-0.25, -0.2) is 0 Å². The highest BCUT2D eigenvalue weighted by molar-refractivity contribution is 8.13. The van der Waals surface area contributed by atoms with Crippen molar-refractivity contribution in [3.8, 4) is 0 Å². The summed E-state index contributed by atoms with van der Waals surface area (Å²) in [4.78, 5) is 12.8. The highest BCUT2D eigenvalue weighted by atomic mass is 32.2. The van der Waals surface area contributed by atoms with Gasteiger partial charge < -0.3 is 0 Å². The van der Waals surface area contributed by atoms with Crippen LogP contribution in [0.3, 0.4) is 0 Å². The summed E-state index contributed by atoms with van der Waals surface area (Å²) < 4.78 is 0. The maximum Gasteiger partial charge on any atom is 0.197 e. The van der Waals surface area contributed by atoms with Crippen LogP contribution in [0.15, 0.2) is 59.0 Å². The molecule has 0 radical (unpaired) electrons. The second kappa shape index (κ2) is 5.87. The van der Waals surface area contributed by atoms with Gasteiger partial charge in [-0.1, -0.05) is 53.7 Å². The zero-order chi connectivity index (χ0) is 13.0. The van der Waals surface area contributed by atoms with Crippen LogP contribution in [0.5, 0.6) is 0 Å². The Labute approximate surface area is 112 Å². The Kier molecular flexibility index (Phi) is 4.21. The summed E-state index contributed by atoms with van der Waals surface area (Å²) in [6.07, 6.45) is 2.47. The van der Waals surface area contributed by atoms with Gasteiger partial charge in [0.15, 0.2) is 5.12 Å². The molecule has 92 valence electrons. The van der Waals surface area contributed by atoms with Crippen molar-refractivity contribution in [1.82, 2.24) is 0 Å². The van der Waals surface area contributed by atoms with Crippen molar-refractivity contribution in [2.24, 2.45) is 0 Å². The predicted molar refractivity (Wildman–Crippen MR) is 78.9 cm³/mol. The molecule has 1 nitrogen and oxygen atoms in total. The number of benzene rings is 2. The lowest BCUT2D eigenvalue weighted by atomic mass is 10.1. The molecule has 0 spiro atoms. The highest BCUT2D eigenvalue weighted by Gasteiger charge is 2.03. The normalized spacial score (nSPS) is 10.3. The monoisotopic (exact) mass is 256 g/mol. The summed E-state index contributed by atoms with van der Waals surface area (Å²) in [5, 5.41) is 2.57. The topological polar surface area (TPSA) is 17.1 Å². The molecule has 0 unspecified atom stereocenters. The molecular weight excluding hydrogens is 240 g/mol. The summed E-state index contributed by atoms with van der Waals surface area (Å²) in [6, 6.07) is 14.3. The summed E-state index contributed by atoms with van der Waals surface area (Å²) >= 11 is 1.32. The van der Waals surface area contributed by atoms with E-state index in [9.17, 15) is 4.79 Å². The van der Waals surface area contributed by atoms with E-state index in [1.54, 1.807) is 0 Å². The minimum atomic E-state index is 0.187. The second-order valence-corrected chi connectivity index (χ2v) is 5.60. The first-order chi connectivity index (χ1) is 8.65. The third kappa shape index (κ3) is 3.47. The lowest BCUT2D eigenvalue weighted by Gasteiger charge is -2.02. The van der Waals surface area contributed by atoms with E-state index in [-0.39, 0.29) is 5.12 Å². The molecule has 0 aromatic heterocycles. The van der Waals surface area contributed by atoms with Gasteiger partial charge in [-0.05, 0) is 36.8 Å². The maximum absolute atomic E-state index is 11.8. The molecule has 0 N–H and O–H groups in total. The largest absolute Gasteiger partial charge is 0.286 e. The Balaban J connectivity index is 2.12. The molecule has 18 heavy (non-hydrogen) atoms. The fourth-order valence-corrected chi connectivity index (χ4v) is 2.44. The molecule has 0 aliphatic rings. The van der Waals surface area contributed by atoms with E-state index in [4.69, 9.17) is 0 Å². The van der Waals surface area contributed by atoms with Gasteiger partial charge in [0, 0.05) is 11.3 Å². The van der Waals surface area contributed by atoms with Gasteiger partial charge in [0.25, 0.3) is 0 Å². The second-order valence-electron chi connectivity index (χ2n) is 4.47.